The molecule has 0 aliphatic heterocycles. The van der Waals surface area contributed by atoms with Crippen molar-refractivity contribution in [2.45, 2.75) is 0 Å². The molecule has 3 aromatic rings. The first-order valence-corrected chi connectivity index (χ1v) is 6.75. The standard InChI is InChI=1S/C16H14N6/c1-18-15-12(3-2-7-17)10-20-16(22-15)21-13-4-5-14-11(9-13)6-8-19-14/h2-6,8-10,19H,1H3,(H2,18,20,21,22). The lowest BCUT2D eigenvalue weighted by atomic mass is 10.2. The lowest BCUT2D eigenvalue weighted by Crippen LogP contribution is -2.02. The lowest BCUT2D eigenvalue weighted by molar-refractivity contribution is 1.15. The van der Waals surface area contributed by atoms with Gasteiger partial charge in [-0.25, -0.2) is 4.98 Å². The Labute approximate surface area is 127 Å². The Morgan fingerprint density at radius 3 is 3.05 bits per heavy atom. The van der Waals surface area contributed by atoms with Crippen molar-refractivity contribution in [3.05, 3.63) is 48.3 Å². The van der Waals surface area contributed by atoms with E-state index in [0.29, 0.717) is 11.8 Å². The van der Waals surface area contributed by atoms with Gasteiger partial charge in [-0.2, -0.15) is 10.2 Å². The molecule has 0 fully saturated rings. The molecular formula is C16H14N6. The third-order valence-electron chi connectivity index (χ3n) is 3.20. The summed E-state index contributed by atoms with van der Waals surface area (Å²) < 4.78 is 0. The molecule has 0 spiro atoms. The lowest BCUT2D eigenvalue weighted by Gasteiger charge is -2.08. The maximum absolute atomic E-state index is 8.60. The van der Waals surface area contributed by atoms with E-state index in [4.69, 9.17) is 5.26 Å². The van der Waals surface area contributed by atoms with Gasteiger partial charge < -0.3 is 15.6 Å². The second-order valence-corrected chi connectivity index (χ2v) is 4.61. The quantitative estimate of drug-likeness (QED) is 0.642. The molecule has 0 aliphatic rings. The van der Waals surface area contributed by atoms with E-state index in [9.17, 15) is 0 Å². The number of aromatic nitrogens is 3. The third kappa shape index (κ3) is 2.74. The van der Waals surface area contributed by atoms with Crippen LogP contribution in [0.2, 0.25) is 0 Å². The SMILES string of the molecule is CNc1nc(Nc2ccc3[nH]ccc3c2)ncc1C=CC#N. The van der Waals surface area contributed by atoms with Gasteiger partial charge in [0.15, 0.2) is 0 Å². The van der Waals surface area contributed by atoms with E-state index >= 15 is 0 Å². The summed E-state index contributed by atoms with van der Waals surface area (Å²) in [5.41, 5.74) is 2.75. The van der Waals surface area contributed by atoms with Crippen molar-refractivity contribution in [1.29, 1.82) is 5.26 Å². The summed E-state index contributed by atoms with van der Waals surface area (Å²) in [6, 6.07) is 9.95. The molecule has 2 aromatic heterocycles. The normalized spacial score (nSPS) is 10.7. The minimum Gasteiger partial charge on any atom is -0.372 e. The molecule has 0 saturated heterocycles. The van der Waals surface area contributed by atoms with Gasteiger partial charge in [0, 0.05) is 47.7 Å². The van der Waals surface area contributed by atoms with Crippen molar-refractivity contribution in [2.24, 2.45) is 0 Å². The molecule has 6 nitrogen and oxygen atoms in total. The van der Waals surface area contributed by atoms with Crippen LogP contribution in [0.4, 0.5) is 17.5 Å². The topological polar surface area (TPSA) is 89.4 Å². The van der Waals surface area contributed by atoms with Gasteiger partial charge in [-0.3, -0.25) is 0 Å². The number of allylic oxidation sites excluding steroid dienone is 1. The van der Waals surface area contributed by atoms with Crippen molar-refractivity contribution >= 4 is 34.4 Å². The molecular weight excluding hydrogens is 276 g/mol. The van der Waals surface area contributed by atoms with Crippen LogP contribution in [0.5, 0.6) is 0 Å². The van der Waals surface area contributed by atoms with Crippen LogP contribution in [0.3, 0.4) is 0 Å². The Hall–Kier alpha value is -3.33. The third-order valence-corrected chi connectivity index (χ3v) is 3.20. The Morgan fingerprint density at radius 2 is 2.23 bits per heavy atom. The molecule has 0 aliphatic carbocycles. The maximum Gasteiger partial charge on any atom is 0.229 e. The summed E-state index contributed by atoms with van der Waals surface area (Å²) in [7, 11) is 1.78. The summed E-state index contributed by atoms with van der Waals surface area (Å²) in [6.07, 6.45) is 6.64. The number of aromatic amines is 1. The number of nitrogens with one attached hydrogen (secondary N) is 3. The van der Waals surface area contributed by atoms with Gasteiger partial charge in [0.1, 0.15) is 5.82 Å². The highest BCUT2D eigenvalue weighted by Crippen LogP contribution is 2.21. The van der Waals surface area contributed by atoms with Gasteiger partial charge in [0.25, 0.3) is 0 Å². The molecule has 0 atom stereocenters. The number of nitrogens with zero attached hydrogens (tertiary/aromatic N) is 3. The second-order valence-electron chi connectivity index (χ2n) is 4.61. The number of anilines is 3. The van der Waals surface area contributed by atoms with Crippen LogP contribution < -0.4 is 10.6 Å². The summed E-state index contributed by atoms with van der Waals surface area (Å²) in [5.74, 6) is 1.15. The van der Waals surface area contributed by atoms with E-state index in [2.05, 4.69) is 25.6 Å². The number of hydrogen-bond donors (Lipinski definition) is 3. The molecule has 0 saturated carbocycles. The number of nitriles is 1. The van der Waals surface area contributed by atoms with Crippen LogP contribution in [0.25, 0.3) is 17.0 Å². The molecule has 108 valence electrons. The molecule has 3 rings (SSSR count). The van der Waals surface area contributed by atoms with Gasteiger partial charge >= 0.3 is 0 Å². The van der Waals surface area contributed by atoms with E-state index in [1.807, 2.05) is 36.5 Å². The molecule has 0 amide bonds. The first-order chi connectivity index (χ1) is 10.8. The largest absolute Gasteiger partial charge is 0.372 e. The van der Waals surface area contributed by atoms with Crippen LogP contribution in [-0.4, -0.2) is 22.0 Å². The molecule has 6 heteroatoms. The van der Waals surface area contributed by atoms with E-state index in [1.165, 1.54) is 6.08 Å². The van der Waals surface area contributed by atoms with E-state index in [1.54, 1.807) is 19.3 Å². The minimum atomic E-state index is 0.494. The average Bonchev–Trinajstić information content (AvgIpc) is 3.01. The molecule has 0 bridgehead atoms. The molecule has 2 heterocycles. The van der Waals surface area contributed by atoms with Gasteiger partial charge in [0.05, 0.1) is 6.07 Å². The molecule has 1 aromatic carbocycles. The Bertz CT molecular complexity index is 872. The predicted molar refractivity (Wildman–Crippen MR) is 87.8 cm³/mol. The van der Waals surface area contributed by atoms with Crippen LogP contribution in [-0.2, 0) is 0 Å². The second kappa shape index (κ2) is 5.97. The average molecular weight is 290 g/mol. The van der Waals surface area contributed by atoms with E-state index < -0.39 is 0 Å². The summed E-state index contributed by atoms with van der Waals surface area (Å²) in [6.45, 7) is 0. The minimum absolute atomic E-state index is 0.494. The van der Waals surface area contributed by atoms with Crippen LogP contribution in [0.15, 0.2) is 42.7 Å². The molecule has 3 N–H and O–H groups in total. The highest BCUT2D eigenvalue weighted by atomic mass is 15.1. The Morgan fingerprint density at radius 1 is 1.32 bits per heavy atom. The zero-order valence-corrected chi connectivity index (χ0v) is 12.0. The van der Waals surface area contributed by atoms with Gasteiger partial charge in [0.2, 0.25) is 5.95 Å². The zero-order chi connectivity index (χ0) is 15.4. The summed E-state index contributed by atoms with van der Waals surface area (Å²) >= 11 is 0. The smallest absolute Gasteiger partial charge is 0.229 e. The maximum atomic E-state index is 8.60. The Kier molecular flexibility index (Phi) is 3.70. The van der Waals surface area contributed by atoms with Gasteiger partial charge in [-0.1, -0.05) is 0 Å². The van der Waals surface area contributed by atoms with Crippen molar-refractivity contribution in [1.82, 2.24) is 15.0 Å². The summed E-state index contributed by atoms with van der Waals surface area (Å²) in [4.78, 5) is 11.8. The zero-order valence-electron chi connectivity index (χ0n) is 12.0. The van der Waals surface area contributed by atoms with E-state index in [0.717, 1.165) is 22.2 Å². The summed E-state index contributed by atoms with van der Waals surface area (Å²) in [5, 5.41) is 15.9. The highest BCUT2D eigenvalue weighted by Gasteiger charge is 2.05. The number of H-pyrrole nitrogens is 1. The number of rotatable bonds is 4. The fraction of sp³-hybridized carbons (Fsp3) is 0.0625. The molecule has 0 radical (unpaired) electrons. The van der Waals surface area contributed by atoms with Gasteiger partial charge in [-0.15, -0.1) is 0 Å². The monoisotopic (exact) mass is 290 g/mol. The fourth-order valence-corrected chi connectivity index (χ4v) is 2.16. The van der Waals surface area contributed by atoms with Crippen molar-refractivity contribution < 1.29 is 0 Å². The number of fused-ring (bicyclic) bond motifs is 1. The Balaban J connectivity index is 1.88. The number of hydrogen-bond acceptors (Lipinski definition) is 5. The van der Waals surface area contributed by atoms with Crippen LogP contribution in [0, 0.1) is 11.3 Å². The predicted octanol–water partition coefficient (Wildman–Crippen LogP) is 3.28. The van der Waals surface area contributed by atoms with E-state index in [-0.39, 0.29) is 0 Å². The van der Waals surface area contributed by atoms with Crippen molar-refractivity contribution in [2.75, 3.05) is 17.7 Å². The number of benzene rings is 1. The van der Waals surface area contributed by atoms with Crippen LogP contribution in [0.1, 0.15) is 5.56 Å². The van der Waals surface area contributed by atoms with Crippen LogP contribution >= 0.6 is 0 Å². The van der Waals surface area contributed by atoms with Crippen molar-refractivity contribution in [3.63, 3.8) is 0 Å². The highest BCUT2D eigenvalue weighted by molar-refractivity contribution is 5.83. The fourth-order valence-electron chi connectivity index (χ4n) is 2.16. The van der Waals surface area contributed by atoms with Crippen molar-refractivity contribution in [3.8, 4) is 6.07 Å². The molecule has 22 heavy (non-hydrogen) atoms. The first kappa shape index (κ1) is 13.6. The van der Waals surface area contributed by atoms with Gasteiger partial charge in [-0.05, 0) is 30.3 Å². The molecule has 0 unspecified atom stereocenters. The first-order valence-electron chi connectivity index (χ1n) is 6.75.